The molecular weight excluding hydrogens is 208 g/mol. The Hall–Kier alpha value is -1.34. The van der Waals surface area contributed by atoms with Crippen LogP contribution in [-0.2, 0) is 0 Å². The molecule has 16 heavy (non-hydrogen) atoms. The lowest BCUT2D eigenvalue weighted by atomic mass is 9.96. The molecule has 1 spiro atoms. The number of nitrogens with two attached hydrogens (primary N) is 1. The van der Waals surface area contributed by atoms with E-state index in [1.165, 1.54) is 6.34 Å². The first-order chi connectivity index (χ1) is 7.65. The molecule has 2 aliphatic rings. The van der Waals surface area contributed by atoms with Gasteiger partial charge in [0.2, 0.25) is 0 Å². The predicted molar refractivity (Wildman–Crippen MR) is 61.3 cm³/mol. The fraction of sp³-hybridized carbons (Fsp3) is 0.778. The van der Waals surface area contributed by atoms with Crippen LogP contribution >= 0.6 is 0 Å². The fourth-order valence-corrected chi connectivity index (χ4v) is 2.58. The second kappa shape index (κ2) is 3.91. The first kappa shape index (κ1) is 11.2. The molecule has 7 nitrogen and oxygen atoms in total. The summed E-state index contributed by atoms with van der Waals surface area (Å²) >= 11 is 0. The molecule has 0 saturated carbocycles. The largest absolute Gasteiger partial charge is 0.389 e. The van der Waals surface area contributed by atoms with Crippen molar-refractivity contribution in [1.82, 2.24) is 15.5 Å². The van der Waals surface area contributed by atoms with Gasteiger partial charge in [-0.1, -0.05) is 0 Å². The number of hydrogen-bond acceptors (Lipinski definition) is 6. The molecule has 0 aromatic rings. The highest BCUT2D eigenvalue weighted by Crippen LogP contribution is 2.33. The lowest BCUT2D eigenvalue weighted by molar-refractivity contribution is 0.0384. The Morgan fingerprint density at radius 3 is 3.25 bits per heavy atom. The maximum absolute atomic E-state index is 10.1. The van der Waals surface area contributed by atoms with Crippen LogP contribution in [0, 0.1) is 5.41 Å². The number of rotatable bonds is 3. The molecular formula is C9H18N6O. The fourth-order valence-electron chi connectivity index (χ4n) is 2.58. The molecule has 1 fully saturated rings. The number of likely N-dealkylation sites (N-methyl/N-ethyl adjacent to an activating group) is 1. The third-order valence-electron chi connectivity index (χ3n) is 3.31. The third-order valence-corrected chi connectivity index (χ3v) is 3.31. The van der Waals surface area contributed by atoms with Crippen molar-refractivity contribution in [3.63, 3.8) is 0 Å². The van der Waals surface area contributed by atoms with Gasteiger partial charge in [-0.05, 0) is 13.5 Å². The van der Waals surface area contributed by atoms with Crippen molar-refractivity contribution in [2.75, 3.05) is 20.1 Å². The molecule has 2 heterocycles. The van der Waals surface area contributed by atoms with Gasteiger partial charge >= 0.3 is 0 Å². The van der Waals surface area contributed by atoms with Crippen LogP contribution in [-0.4, -0.2) is 60.3 Å². The molecule has 0 radical (unpaired) electrons. The van der Waals surface area contributed by atoms with Gasteiger partial charge in [0.25, 0.3) is 0 Å². The van der Waals surface area contributed by atoms with E-state index in [0.29, 0.717) is 25.5 Å². The summed E-state index contributed by atoms with van der Waals surface area (Å²) < 4.78 is 0. The Morgan fingerprint density at radius 2 is 2.62 bits per heavy atom. The van der Waals surface area contributed by atoms with Crippen LogP contribution in [0.2, 0.25) is 0 Å². The summed E-state index contributed by atoms with van der Waals surface area (Å²) in [7, 11) is 1.83. The van der Waals surface area contributed by atoms with Gasteiger partial charge in [-0.3, -0.25) is 5.41 Å². The molecule has 0 aromatic heterocycles. The summed E-state index contributed by atoms with van der Waals surface area (Å²) in [6.07, 6.45) is 1.28. The Bertz CT molecular complexity index is 319. The van der Waals surface area contributed by atoms with Gasteiger partial charge < -0.3 is 26.4 Å². The Labute approximate surface area is 94.2 Å². The van der Waals surface area contributed by atoms with Crippen molar-refractivity contribution >= 4 is 12.3 Å². The monoisotopic (exact) mass is 226 g/mol. The number of guanidine groups is 1. The number of aliphatic hydroxyl groups excluding tert-OH is 1. The summed E-state index contributed by atoms with van der Waals surface area (Å²) in [5.74, 6) is 0.327. The molecule has 2 aliphatic heterocycles. The normalized spacial score (nSPS) is 37.6. The lowest BCUT2D eigenvalue weighted by Crippen LogP contribution is -2.66. The SMILES string of the molecule is CNCC1N=C(N)NC12[C@@H](O)CCN2C=N. The molecule has 90 valence electrons. The maximum atomic E-state index is 10.1. The van der Waals surface area contributed by atoms with Crippen LogP contribution in [0.4, 0.5) is 0 Å². The van der Waals surface area contributed by atoms with Gasteiger partial charge in [0, 0.05) is 13.1 Å². The van der Waals surface area contributed by atoms with E-state index in [2.05, 4.69) is 15.6 Å². The van der Waals surface area contributed by atoms with Crippen molar-refractivity contribution in [2.45, 2.75) is 24.2 Å². The predicted octanol–water partition coefficient (Wildman–Crippen LogP) is -2.14. The summed E-state index contributed by atoms with van der Waals surface area (Å²) in [6.45, 7) is 1.25. The average Bonchev–Trinajstić information content (AvgIpc) is 2.73. The van der Waals surface area contributed by atoms with Crippen molar-refractivity contribution in [2.24, 2.45) is 10.7 Å². The molecule has 3 atom stereocenters. The van der Waals surface area contributed by atoms with Crippen LogP contribution in [0.1, 0.15) is 6.42 Å². The van der Waals surface area contributed by atoms with E-state index in [4.69, 9.17) is 11.1 Å². The zero-order valence-corrected chi connectivity index (χ0v) is 9.27. The topological polar surface area (TPSA) is 110 Å². The molecule has 2 unspecified atom stereocenters. The highest BCUT2D eigenvalue weighted by molar-refractivity contribution is 5.82. The van der Waals surface area contributed by atoms with Gasteiger partial charge in [-0.2, -0.15) is 0 Å². The zero-order chi connectivity index (χ0) is 11.8. The summed E-state index contributed by atoms with van der Waals surface area (Å²) in [5, 5.41) is 23.6. The minimum Gasteiger partial charge on any atom is -0.389 e. The number of nitrogens with zero attached hydrogens (tertiary/aromatic N) is 2. The van der Waals surface area contributed by atoms with E-state index in [-0.39, 0.29) is 6.04 Å². The van der Waals surface area contributed by atoms with E-state index in [0.717, 1.165) is 0 Å². The molecule has 0 amide bonds. The Kier molecular flexibility index (Phi) is 2.73. The van der Waals surface area contributed by atoms with Gasteiger partial charge in [0.1, 0.15) is 6.04 Å². The standard InChI is InChI=1S/C9H18N6O/c1-12-4-6-9(14-8(11)13-6)7(16)2-3-15(9)5-10/h5-7,10,12,16H,2-4H2,1H3,(H3,11,13,14)/t6?,7-,9?/m0/s1. The second-order valence-corrected chi connectivity index (χ2v) is 4.17. The summed E-state index contributed by atoms with van der Waals surface area (Å²) in [4.78, 5) is 6.04. The van der Waals surface area contributed by atoms with Crippen LogP contribution in [0.3, 0.4) is 0 Å². The summed E-state index contributed by atoms with van der Waals surface area (Å²) in [6, 6.07) is -0.184. The van der Waals surface area contributed by atoms with E-state index < -0.39 is 11.8 Å². The third kappa shape index (κ3) is 1.35. The first-order valence-electron chi connectivity index (χ1n) is 5.36. The van der Waals surface area contributed by atoms with Crippen LogP contribution in [0.5, 0.6) is 0 Å². The van der Waals surface area contributed by atoms with Crippen molar-refractivity contribution in [3.8, 4) is 0 Å². The van der Waals surface area contributed by atoms with Crippen LogP contribution in [0.25, 0.3) is 0 Å². The van der Waals surface area contributed by atoms with Crippen molar-refractivity contribution < 1.29 is 5.11 Å². The number of aliphatic imine (C=N–C) groups is 1. The highest BCUT2D eigenvalue weighted by atomic mass is 16.3. The molecule has 1 saturated heterocycles. The van der Waals surface area contributed by atoms with Gasteiger partial charge in [0.05, 0.1) is 12.4 Å². The zero-order valence-electron chi connectivity index (χ0n) is 9.27. The number of aliphatic hydroxyl groups is 1. The minimum absolute atomic E-state index is 0.184. The van der Waals surface area contributed by atoms with Crippen LogP contribution in [0.15, 0.2) is 4.99 Å². The van der Waals surface area contributed by atoms with Gasteiger partial charge in [0.15, 0.2) is 11.6 Å². The van der Waals surface area contributed by atoms with E-state index in [1.807, 2.05) is 7.05 Å². The van der Waals surface area contributed by atoms with Crippen molar-refractivity contribution in [1.29, 1.82) is 5.41 Å². The minimum atomic E-state index is -0.741. The Balaban J connectivity index is 2.31. The number of nitrogens with one attached hydrogen (secondary N) is 3. The summed E-state index contributed by atoms with van der Waals surface area (Å²) in [5.41, 5.74) is 4.95. The highest BCUT2D eigenvalue weighted by Gasteiger charge is 2.56. The quantitative estimate of drug-likeness (QED) is 0.279. The molecule has 0 bridgehead atoms. The van der Waals surface area contributed by atoms with Crippen molar-refractivity contribution in [3.05, 3.63) is 0 Å². The molecule has 6 N–H and O–H groups in total. The Morgan fingerprint density at radius 1 is 1.88 bits per heavy atom. The average molecular weight is 226 g/mol. The van der Waals surface area contributed by atoms with E-state index >= 15 is 0 Å². The number of hydrogen-bond donors (Lipinski definition) is 5. The molecule has 2 rings (SSSR count). The van der Waals surface area contributed by atoms with E-state index in [1.54, 1.807) is 4.90 Å². The lowest BCUT2D eigenvalue weighted by Gasteiger charge is -2.39. The number of likely N-dealkylation sites (tertiary alicyclic amines) is 1. The molecule has 0 aliphatic carbocycles. The van der Waals surface area contributed by atoms with E-state index in [9.17, 15) is 5.11 Å². The smallest absolute Gasteiger partial charge is 0.191 e. The molecule has 7 heteroatoms. The molecule has 0 aromatic carbocycles. The van der Waals surface area contributed by atoms with Gasteiger partial charge in [-0.25, -0.2) is 4.99 Å². The second-order valence-electron chi connectivity index (χ2n) is 4.17. The maximum Gasteiger partial charge on any atom is 0.191 e. The van der Waals surface area contributed by atoms with Gasteiger partial charge in [-0.15, -0.1) is 0 Å². The van der Waals surface area contributed by atoms with Crippen LogP contribution < -0.4 is 16.4 Å². The first-order valence-corrected chi connectivity index (χ1v) is 5.36.